The molecule has 2 amide bonds. The van der Waals surface area contributed by atoms with Crippen LogP contribution in [-0.4, -0.2) is 24.6 Å². The van der Waals surface area contributed by atoms with Gasteiger partial charge in [-0.1, -0.05) is 18.2 Å². The van der Waals surface area contributed by atoms with Crippen molar-refractivity contribution in [2.75, 3.05) is 11.9 Å². The maximum atomic E-state index is 11.7. The summed E-state index contributed by atoms with van der Waals surface area (Å²) in [6.45, 7) is 1.98. The van der Waals surface area contributed by atoms with E-state index in [2.05, 4.69) is 15.4 Å². The van der Waals surface area contributed by atoms with Crippen LogP contribution in [0.4, 0.5) is 10.5 Å². The molecule has 5 nitrogen and oxygen atoms in total. The van der Waals surface area contributed by atoms with E-state index in [1.807, 2.05) is 31.2 Å². The summed E-state index contributed by atoms with van der Waals surface area (Å²) < 4.78 is 4.64. The van der Waals surface area contributed by atoms with Crippen LogP contribution in [0.3, 0.4) is 0 Å². The number of hydrogen-bond acceptors (Lipinski definition) is 3. The summed E-state index contributed by atoms with van der Waals surface area (Å²) in [6, 6.07) is 6.84. The Morgan fingerprint density at radius 1 is 1.50 bits per heavy atom. The van der Waals surface area contributed by atoms with Gasteiger partial charge in [0, 0.05) is 5.69 Å². The highest BCUT2D eigenvalue weighted by Gasteiger charge is 2.28. The van der Waals surface area contributed by atoms with Gasteiger partial charge in [-0.25, -0.2) is 4.79 Å². The zero-order valence-corrected chi connectivity index (χ0v) is 8.82. The predicted molar refractivity (Wildman–Crippen MR) is 58.1 cm³/mol. The molecule has 84 valence electrons. The molecule has 5 heteroatoms. The normalized spacial score (nSPS) is 18.8. The number of carbonyl (C=O) groups is 2. The highest BCUT2D eigenvalue weighted by Crippen LogP contribution is 2.13. The van der Waals surface area contributed by atoms with E-state index in [9.17, 15) is 9.59 Å². The molecule has 1 aliphatic rings. The number of anilines is 1. The molecule has 1 saturated heterocycles. The molecule has 2 N–H and O–H groups in total. The topological polar surface area (TPSA) is 67.4 Å². The predicted octanol–water partition coefficient (Wildman–Crippen LogP) is 1.04. The SMILES string of the molecule is Cc1ccccc1NC(=O)C1COC(=O)N1. The van der Waals surface area contributed by atoms with Crippen LogP contribution in [0.15, 0.2) is 24.3 Å². The van der Waals surface area contributed by atoms with Crippen molar-refractivity contribution in [3.63, 3.8) is 0 Å². The van der Waals surface area contributed by atoms with E-state index in [-0.39, 0.29) is 12.5 Å². The van der Waals surface area contributed by atoms with Gasteiger partial charge in [0.15, 0.2) is 0 Å². The van der Waals surface area contributed by atoms with E-state index in [1.165, 1.54) is 0 Å². The smallest absolute Gasteiger partial charge is 0.407 e. The van der Waals surface area contributed by atoms with Crippen LogP contribution in [0.25, 0.3) is 0 Å². The van der Waals surface area contributed by atoms with Crippen LogP contribution in [0.2, 0.25) is 0 Å². The van der Waals surface area contributed by atoms with E-state index in [0.29, 0.717) is 0 Å². The van der Waals surface area contributed by atoms with Crippen LogP contribution >= 0.6 is 0 Å². The number of rotatable bonds is 2. The Morgan fingerprint density at radius 3 is 2.88 bits per heavy atom. The lowest BCUT2D eigenvalue weighted by Gasteiger charge is -2.10. The average Bonchev–Trinajstić information content (AvgIpc) is 2.68. The van der Waals surface area contributed by atoms with Crippen molar-refractivity contribution in [3.05, 3.63) is 29.8 Å². The summed E-state index contributed by atoms with van der Waals surface area (Å²) >= 11 is 0. The second-order valence-corrected chi connectivity index (χ2v) is 3.60. The fourth-order valence-electron chi connectivity index (χ4n) is 1.46. The van der Waals surface area contributed by atoms with Crippen LogP contribution in [0.1, 0.15) is 5.56 Å². The summed E-state index contributed by atoms with van der Waals surface area (Å²) in [5.74, 6) is -0.264. The highest BCUT2D eigenvalue weighted by atomic mass is 16.6. The Hall–Kier alpha value is -2.04. The number of benzene rings is 1. The van der Waals surface area contributed by atoms with Crippen molar-refractivity contribution in [2.24, 2.45) is 0 Å². The highest BCUT2D eigenvalue weighted by molar-refractivity contribution is 5.98. The molecule has 0 aliphatic carbocycles. The van der Waals surface area contributed by atoms with Gasteiger partial charge in [-0.05, 0) is 18.6 Å². The van der Waals surface area contributed by atoms with Crippen molar-refractivity contribution in [3.8, 4) is 0 Å². The molecular weight excluding hydrogens is 208 g/mol. The second kappa shape index (κ2) is 4.22. The first-order valence-corrected chi connectivity index (χ1v) is 4.96. The average molecular weight is 220 g/mol. The van der Waals surface area contributed by atoms with Gasteiger partial charge in [-0.15, -0.1) is 0 Å². The zero-order chi connectivity index (χ0) is 11.5. The van der Waals surface area contributed by atoms with E-state index in [0.717, 1.165) is 11.3 Å². The molecule has 0 radical (unpaired) electrons. The fraction of sp³-hybridized carbons (Fsp3) is 0.273. The standard InChI is InChI=1S/C11H12N2O3/c1-7-4-2-3-5-8(7)12-10(14)9-6-16-11(15)13-9/h2-5,9H,6H2,1H3,(H,12,14)(H,13,15). The quantitative estimate of drug-likeness (QED) is 0.782. The van der Waals surface area contributed by atoms with E-state index >= 15 is 0 Å². The maximum absolute atomic E-state index is 11.7. The molecule has 0 bridgehead atoms. The summed E-state index contributed by atoms with van der Waals surface area (Å²) in [5.41, 5.74) is 1.72. The van der Waals surface area contributed by atoms with Crippen LogP contribution in [0, 0.1) is 6.92 Å². The van der Waals surface area contributed by atoms with Gasteiger partial charge in [-0.3, -0.25) is 4.79 Å². The van der Waals surface area contributed by atoms with E-state index < -0.39 is 12.1 Å². The molecule has 1 aromatic rings. The van der Waals surface area contributed by atoms with Crippen LogP contribution in [-0.2, 0) is 9.53 Å². The molecular formula is C11H12N2O3. The lowest BCUT2D eigenvalue weighted by atomic mass is 10.2. The van der Waals surface area contributed by atoms with Gasteiger partial charge in [0.25, 0.3) is 5.91 Å². The molecule has 1 aromatic carbocycles. The third-order valence-electron chi connectivity index (χ3n) is 2.39. The zero-order valence-electron chi connectivity index (χ0n) is 8.82. The van der Waals surface area contributed by atoms with E-state index in [4.69, 9.17) is 0 Å². The molecule has 2 rings (SSSR count). The Balaban J connectivity index is 2.03. The van der Waals surface area contributed by atoms with Gasteiger partial charge in [0.05, 0.1) is 0 Å². The van der Waals surface area contributed by atoms with Crippen LogP contribution < -0.4 is 10.6 Å². The minimum absolute atomic E-state index is 0.0799. The van der Waals surface area contributed by atoms with Gasteiger partial charge in [0.2, 0.25) is 0 Å². The number of nitrogens with one attached hydrogen (secondary N) is 2. The maximum Gasteiger partial charge on any atom is 0.407 e. The van der Waals surface area contributed by atoms with Gasteiger partial charge in [0.1, 0.15) is 12.6 Å². The monoisotopic (exact) mass is 220 g/mol. The third kappa shape index (κ3) is 2.13. The molecule has 0 aromatic heterocycles. The van der Waals surface area contributed by atoms with Gasteiger partial charge < -0.3 is 15.4 Å². The second-order valence-electron chi connectivity index (χ2n) is 3.60. The summed E-state index contributed by atoms with van der Waals surface area (Å²) in [4.78, 5) is 22.5. The minimum Gasteiger partial charge on any atom is -0.447 e. The van der Waals surface area contributed by atoms with Gasteiger partial charge >= 0.3 is 6.09 Å². The summed E-state index contributed by atoms with van der Waals surface area (Å²) in [7, 11) is 0. The number of amides is 2. The molecule has 16 heavy (non-hydrogen) atoms. The summed E-state index contributed by atoms with van der Waals surface area (Å²) in [5, 5.41) is 5.16. The molecule has 0 saturated carbocycles. The summed E-state index contributed by atoms with van der Waals surface area (Å²) in [6.07, 6.45) is -0.551. The van der Waals surface area contributed by atoms with Crippen molar-refractivity contribution < 1.29 is 14.3 Å². The van der Waals surface area contributed by atoms with E-state index in [1.54, 1.807) is 0 Å². The number of carbonyl (C=O) groups excluding carboxylic acids is 2. The molecule has 1 heterocycles. The first-order chi connectivity index (χ1) is 7.66. The minimum atomic E-state index is -0.605. The Bertz CT molecular complexity index is 431. The van der Waals surface area contributed by atoms with Crippen molar-refractivity contribution in [2.45, 2.75) is 13.0 Å². The fourth-order valence-corrected chi connectivity index (χ4v) is 1.46. The molecule has 0 spiro atoms. The number of cyclic esters (lactones) is 1. The first kappa shape index (κ1) is 10.5. The number of para-hydroxylation sites is 1. The molecule has 1 atom stereocenters. The molecule has 1 fully saturated rings. The number of aryl methyl sites for hydroxylation is 1. The number of hydrogen-bond donors (Lipinski definition) is 2. The van der Waals surface area contributed by atoms with Crippen molar-refractivity contribution >= 4 is 17.7 Å². The van der Waals surface area contributed by atoms with Gasteiger partial charge in [-0.2, -0.15) is 0 Å². The Labute approximate surface area is 92.8 Å². The first-order valence-electron chi connectivity index (χ1n) is 4.96. The van der Waals surface area contributed by atoms with Crippen molar-refractivity contribution in [1.29, 1.82) is 0 Å². The Morgan fingerprint density at radius 2 is 2.25 bits per heavy atom. The number of ether oxygens (including phenoxy) is 1. The lowest BCUT2D eigenvalue weighted by Crippen LogP contribution is -2.38. The largest absolute Gasteiger partial charge is 0.447 e. The molecule has 1 unspecified atom stereocenters. The molecule has 1 aliphatic heterocycles. The van der Waals surface area contributed by atoms with Crippen LogP contribution in [0.5, 0.6) is 0 Å². The number of alkyl carbamates (subject to hydrolysis) is 1. The lowest BCUT2D eigenvalue weighted by molar-refractivity contribution is -0.117. The third-order valence-corrected chi connectivity index (χ3v) is 2.39. The van der Waals surface area contributed by atoms with Crippen molar-refractivity contribution in [1.82, 2.24) is 5.32 Å². The Kier molecular flexibility index (Phi) is 2.76.